The number of nitrogens with two attached hydrogens (primary N) is 1. The Balaban J connectivity index is 1.94. The summed E-state index contributed by atoms with van der Waals surface area (Å²) >= 11 is 6.52. The van der Waals surface area contributed by atoms with Gasteiger partial charge in [0.1, 0.15) is 22.9 Å². The van der Waals surface area contributed by atoms with E-state index in [1.807, 2.05) is 18.2 Å². The van der Waals surface area contributed by atoms with Gasteiger partial charge in [0.25, 0.3) is 0 Å². The summed E-state index contributed by atoms with van der Waals surface area (Å²) in [5.41, 5.74) is 9.16. The fraction of sp³-hybridized carbons (Fsp3) is 0.316. The van der Waals surface area contributed by atoms with Crippen molar-refractivity contribution in [1.82, 2.24) is 15.0 Å². The molecule has 26 heavy (non-hydrogen) atoms. The number of benzene rings is 1. The van der Waals surface area contributed by atoms with Crippen LogP contribution in [0.25, 0.3) is 22.2 Å². The lowest BCUT2D eigenvalue weighted by molar-refractivity contribution is 0.435. The number of halogens is 1. The molecule has 0 radical (unpaired) electrons. The van der Waals surface area contributed by atoms with Crippen LogP contribution >= 0.6 is 11.6 Å². The maximum atomic E-state index is 9.23. The second-order valence-electron chi connectivity index (χ2n) is 6.77. The van der Waals surface area contributed by atoms with Gasteiger partial charge >= 0.3 is 0 Å². The van der Waals surface area contributed by atoms with E-state index in [1.165, 1.54) is 0 Å². The summed E-state index contributed by atoms with van der Waals surface area (Å²) in [5.74, 6) is 0.832. The third-order valence-electron chi connectivity index (χ3n) is 5.00. The summed E-state index contributed by atoms with van der Waals surface area (Å²) in [6.07, 6.45) is 3.58. The normalized spacial score (nSPS) is 20.3. The lowest BCUT2D eigenvalue weighted by Crippen LogP contribution is -2.48. The highest BCUT2D eigenvalue weighted by molar-refractivity contribution is 6.35. The number of nitriles is 1. The Morgan fingerprint density at radius 3 is 3.00 bits per heavy atom. The van der Waals surface area contributed by atoms with E-state index in [-0.39, 0.29) is 6.04 Å². The van der Waals surface area contributed by atoms with E-state index in [0.29, 0.717) is 22.4 Å². The maximum absolute atomic E-state index is 9.23. The number of nitrogens with one attached hydrogen (secondary N) is 1. The van der Waals surface area contributed by atoms with Crippen molar-refractivity contribution in [2.75, 3.05) is 11.4 Å². The second kappa shape index (κ2) is 6.60. The number of aromatic nitrogens is 3. The van der Waals surface area contributed by atoms with Crippen LogP contribution in [0.4, 0.5) is 5.82 Å². The third-order valence-corrected chi connectivity index (χ3v) is 5.28. The summed E-state index contributed by atoms with van der Waals surface area (Å²) in [6, 6.07) is 10.0. The van der Waals surface area contributed by atoms with Crippen molar-refractivity contribution < 1.29 is 0 Å². The predicted molar refractivity (Wildman–Crippen MR) is 103 cm³/mol. The highest BCUT2D eigenvalue weighted by Crippen LogP contribution is 2.40. The molecule has 3 heterocycles. The van der Waals surface area contributed by atoms with Crippen LogP contribution < -0.4 is 10.6 Å². The van der Waals surface area contributed by atoms with Crippen LogP contribution in [0.15, 0.2) is 30.6 Å². The van der Waals surface area contributed by atoms with Gasteiger partial charge in [-0.2, -0.15) is 5.26 Å². The van der Waals surface area contributed by atoms with Crippen molar-refractivity contribution in [1.29, 1.82) is 5.26 Å². The van der Waals surface area contributed by atoms with E-state index >= 15 is 0 Å². The molecule has 7 heteroatoms. The standard InChI is InChI=1S/C19H19ClN6/c1-11-5-6-14(22)9-26(11)19-16-15(13-4-2-3-12(7-13)8-21)17(20)25-18(16)23-10-24-19/h2-4,7,10-11,14H,5-6,9,22H2,1H3,(H,23,24,25)/t11-,14+/m0/s1. The van der Waals surface area contributed by atoms with Gasteiger partial charge in [-0.15, -0.1) is 0 Å². The second-order valence-corrected chi connectivity index (χ2v) is 7.14. The summed E-state index contributed by atoms with van der Waals surface area (Å²) in [6.45, 7) is 2.93. The molecule has 132 valence electrons. The average Bonchev–Trinajstić information content (AvgIpc) is 2.99. The number of piperidine rings is 1. The zero-order chi connectivity index (χ0) is 18.3. The molecule has 6 nitrogen and oxygen atoms in total. The first kappa shape index (κ1) is 16.8. The average molecular weight is 367 g/mol. The smallest absolute Gasteiger partial charge is 0.144 e. The number of nitrogens with zero attached hydrogens (tertiary/aromatic N) is 4. The van der Waals surface area contributed by atoms with Crippen LogP contribution in [0.5, 0.6) is 0 Å². The number of H-pyrrole nitrogens is 1. The number of hydrogen-bond acceptors (Lipinski definition) is 5. The Hall–Kier alpha value is -2.62. The zero-order valence-electron chi connectivity index (χ0n) is 14.4. The van der Waals surface area contributed by atoms with Crippen LogP contribution in [-0.4, -0.2) is 33.6 Å². The van der Waals surface area contributed by atoms with E-state index in [1.54, 1.807) is 12.4 Å². The van der Waals surface area contributed by atoms with Crippen molar-refractivity contribution in [3.63, 3.8) is 0 Å². The Bertz CT molecular complexity index is 1000. The SMILES string of the molecule is C[C@H]1CC[C@@H](N)CN1c1ncnc2[nH]c(Cl)c(-c3cccc(C#N)c3)c12. The van der Waals surface area contributed by atoms with Gasteiger partial charge in [-0.1, -0.05) is 23.7 Å². The summed E-state index contributed by atoms with van der Waals surface area (Å²) in [5, 5.41) is 10.6. The Morgan fingerprint density at radius 1 is 1.35 bits per heavy atom. The fourth-order valence-corrected chi connectivity index (χ4v) is 3.93. The number of hydrogen-bond donors (Lipinski definition) is 2. The number of aromatic amines is 1. The van der Waals surface area contributed by atoms with Crippen LogP contribution in [0.1, 0.15) is 25.3 Å². The van der Waals surface area contributed by atoms with Gasteiger partial charge in [0.05, 0.1) is 17.0 Å². The molecule has 0 saturated carbocycles. The highest BCUT2D eigenvalue weighted by atomic mass is 35.5. The van der Waals surface area contributed by atoms with E-state index in [9.17, 15) is 5.26 Å². The van der Waals surface area contributed by atoms with E-state index in [0.717, 1.165) is 41.7 Å². The number of fused-ring (bicyclic) bond motifs is 1. The van der Waals surface area contributed by atoms with Gasteiger partial charge in [0, 0.05) is 24.2 Å². The molecule has 1 aliphatic heterocycles. The van der Waals surface area contributed by atoms with Gasteiger partial charge in [-0.25, -0.2) is 9.97 Å². The molecule has 3 N–H and O–H groups in total. The lowest BCUT2D eigenvalue weighted by Gasteiger charge is -2.37. The van der Waals surface area contributed by atoms with Crippen molar-refractivity contribution >= 4 is 28.5 Å². The first-order valence-electron chi connectivity index (χ1n) is 8.63. The highest BCUT2D eigenvalue weighted by Gasteiger charge is 2.28. The van der Waals surface area contributed by atoms with Gasteiger partial charge in [0.15, 0.2) is 0 Å². The summed E-state index contributed by atoms with van der Waals surface area (Å²) in [4.78, 5) is 14.3. The molecule has 2 atom stereocenters. The molecule has 2 aromatic heterocycles. The minimum atomic E-state index is 0.121. The molecule has 0 aliphatic carbocycles. The number of rotatable bonds is 2. The molecule has 0 spiro atoms. The minimum Gasteiger partial charge on any atom is -0.352 e. The Labute approximate surface area is 156 Å². The van der Waals surface area contributed by atoms with Crippen LogP contribution in [0.2, 0.25) is 5.15 Å². The molecule has 0 amide bonds. The van der Waals surface area contributed by atoms with Gasteiger partial charge in [0.2, 0.25) is 0 Å². The third kappa shape index (κ3) is 2.79. The lowest BCUT2D eigenvalue weighted by atomic mass is 9.98. The van der Waals surface area contributed by atoms with Gasteiger partial charge in [-0.3, -0.25) is 0 Å². The topological polar surface area (TPSA) is 94.6 Å². The Kier molecular flexibility index (Phi) is 4.27. The largest absolute Gasteiger partial charge is 0.352 e. The molecule has 0 bridgehead atoms. The molecule has 3 aromatic rings. The molecule has 1 aliphatic rings. The molecule has 1 aromatic carbocycles. The van der Waals surface area contributed by atoms with Gasteiger partial charge < -0.3 is 15.6 Å². The van der Waals surface area contributed by atoms with E-state index in [4.69, 9.17) is 17.3 Å². The van der Waals surface area contributed by atoms with Crippen LogP contribution in [0, 0.1) is 11.3 Å². The first-order chi connectivity index (χ1) is 12.6. The van der Waals surface area contributed by atoms with Crippen molar-refractivity contribution in [2.45, 2.75) is 31.8 Å². The molecule has 4 rings (SSSR count). The first-order valence-corrected chi connectivity index (χ1v) is 9.01. The van der Waals surface area contributed by atoms with Gasteiger partial charge in [-0.05, 0) is 37.5 Å². The molecule has 0 unspecified atom stereocenters. The fourth-order valence-electron chi connectivity index (χ4n) is 3.64. The van der Waals surface area contributed by atoms with Crippen molar-refractivity contribution in [3.05, 3.63) is 41.3 Å². The van der Waals surface area contributed by atoms with E-state index in [2.05, 4.69) is 32.8 Å². The number of anilines is 1. The molecule has 1 saturated heterocycles. The maximum Gasteiger partial charge on any atom is 0.144 e. The van der Waals surface area contributed by atoms with Crippen molar-refractivity contribution in [2.24, 2.45) is 5.73 Å². The summed E-state index contributed by atoms with van der Waals surface area (Å²) < 4.78 is 0. The summed E-state index contributed by atoms with van der Waals surface area (Å²) in [7, 11) is 0. The monoisotopic (exact) mass is 366 g/mol. The van der Waals surface area contributed by atoms with E-state index < -0.39 is 0 Å². The molecule has 1 fully saturated rings. The van der Waals surface area contributed by atoms with Crippen LogP contribution in [-0.2, 0) is 0 Å². The molecular formula is C19H19ClN6. The zero-order valence-corrected chi connectivity index (χ0v) is 15.2. The minimum absolute atomic E-state index is 0.121. The van der Waals surface area contributed by atoms with Crippen molar-refractivity contribution in [3.8, 4) is 17.2 Å². The molecular weight excluding hydrogens is 348 g/mol. The predicted octanol–water partition coefficient (Wildman–Crippen LogP) is 3.47. The quantitative estimate of drug-likeness (QED) is 0.724. The van der Waals surface area contributed by atoms with Crippen LogP contribution in [0.3, 0.4) is 0 Å². The Morgan fingerprint density at radius 2 is 2.19 bits per heavy atom.